The molecule has 0 aliphatic heterocycles. The van der Waals surface area contributed by atoms with Crippen molar-refractivity contribution in [3.8, 4) is 0 Å². The zero-order chi connectivity index (χ0) is 16.4. The maximum atomic E-state index is 12.5. The minimum atomic E-state index is -6.29. The van der Waals surface area contributed by atoms with Crippen LogP contribution < -0.4 is 0 Å². The molecule has 0 amide bonds. The summed E-state index contributed by atoms with van der Waals surface area (Å²) in [5.41, 5.74) is -4.44. The van der Waals surface area contributed by atoms with Crippen LogP contribution >= 0.6 is 0 Å². The molecule has 20 heavy (non-hydrogen) atoms. The molecule has 120 valence electrons. The third-order valence-corrected chi connectivity index (χ3v) is 4.15. The van der Waals surface area contributed by atoms with Crippen molar-refractivity contribution >= 4 is 18.2 Å². The van der Waals surface area contributed by atoms with Gasteiger partial charge in [0.15, 0.2) is 6.10 Å². The maximum Gasteiger partial charge on any atom is 0.523 e. The Morgan fingerprint density at radius 1 is 1.10 bits per heavy atom. The van der Waals surface area contributed by atoms with Gasteiger partial charge in [-0.1, -0.05) is 31.4 Å². The zero-order valence-electron chi connectivity index (χ0n) is 10.8. The fraction of sp³-hybridized carbons (Fsp3) is 0.778. The van der Waals surface area contributed by atoms with Crippen molar-refractivity contribution in [2.45, 2.75) is 43.9 Å². The van der Waals surface area contributed by atoms with Crippen LogP contribution in [0.4, 0.5) is 26.3 Å². The quantitative estimate of drug-likeness (QED) is 0.331. The van der Waals surface area contributed by atoms with E-state index in [1.165, 1.54) is 5.70 Å². The topological polar surface area (TPSA) is 43.4 Å². The second kappa shape index (κ2) is 6.06. The summed E-state index contributed by atoms with van der Waals surface area (Å²) < 4.78 is 97.9. The van der Waals surface area contributed by atoms with E-state index in [-0.39, 0.29) is 0 Å². The van der Waals surface area contributed by atoms with Gasteiger partial charge in [-0.2, -0.15) is 34.8 Å². The smallest absolute Gasteiger partial charge is 0.250 e. The summed E-state index contributed by atoms with van der Waals surface area (Å²) in [6.45, 7) is 5.37. The molecule has 0 fully saturated rings. The lowest BCUT2D eigenvalue weighted by Gasteiger charge is -2.20. The predicted octanol–water partition coefficient (Wildman–Crippen LogP) is 3.61. The van der Waals surface area contributed by atoms with Crippen molar-refractivity contribution < 1.29 is 38.9 Å². The first-order valence-corrected chi connectivity index (χ1v) is 10.3. The first kappa shape index (κ1) is 19.4. The minimum Gasteiger partial charge on any atom is -0.250 e. The summed E-state index contributed by atoms with van der Waals surface area (Å²) in [5, 5.41) is 0. The highest BCUT2D eigenvalue weighted by molar-refractivity contribution is 7.87. The molecule has 0 aromatic carbocycles. The Balaban J connectivity index is 5.10. The molecule has 0 aliphatic carbocycles. The van der Waals surface area contributed by atoms with Crippen molar-refractivity contribution in [1.29, 1.82) is 0 Å². The molecule has 0 aromatic rings. The van der Waals surface area contributed by atoms with Gasteiger partial charge in [0, 0.05) is 6.42 Å². The molecule has 0 spiro atoms. The lowest BCUT2D eigenvalue weighted by Crippen LogP contribution is -2.38. The Bertz CT molecular complexity index is 446. The van der Waals surface area contributed by atoms with Crippen LogP contribution in [0.5, 0.6) is 0 Å². The van der Waals surface area contributed by atoms with Crippen LogP contribution in [0.2, 0.25) is 19.6 Å². The van der Waals surface area contributed by atoms with Crippen molar-refractivity contribution in [3.63, 3.8) is 0 Å². The van der Waals surface area contributed by atoms with Gasteiger partial charge in [-0.05, 0) is 0 Å². The van der Waals surface area contributed by atoms with Crippen molar-refractivity contribution in [3.05, 3.63) is 11.8 Å². The van der Waals surface area contributed by atoms with Crippen LogP contribution in [0, 0.1) is 0 Å². The molecule has 1 unspecified atom stereocenters. The van der Waals surface area contributed by atoms with E-state index in [2.05, 4.69) is 4.18 Å². The van der Waals surface area contributed by atoms with Gasteiger partial charge in [-0.3, -0.25) is 0 Å². The summed E-state index contributed by atoms with van der Waals surface area (Å²) in [6.07, 6.45) is -8.27. The third-order valence-electron chi connectivity index (χ3n) is 1.86. The average Bonchev–Trinajstić information content (AvgIpc) is 2.10. The number of alkyl halides is 6. The molecule has 0 bridgehead atoms. The van der Waals surface area contributed by atoms with E-state index in [1.54, 1.807) is 19.6 Å². The zero-order valence-corrected chi connectivity index (χ0v) is 12.7. The standard InChI is InChI=1S/C9H14F6O3SSi/c1-20(2,3)6-4-5-7(8(10,11)12)18-19(16,17)9(13,14)15/h4,6-7H,5H2,1-3H3/b6-4-. The highest BCUT2D eigenvalue weighted by Crippen LogP contribution is 2.32. The fourth-order valence-corrected chi connectivity index (χ4v) is 2.43. The molecule has 0 saturated heterocycles. The van der Waals surface area contributed by atoms with Gasteiger partial charge in [0.2, 0.25) is 0 Å². The summed E-state index contributed by atoms with van der Waals surface area (Å²) >= 11 is 0. The molecule has 1 atom stereocenters. The van der Waals surface area contributed by atoms with Gasteiger partial charge in [-0.15, -0.1) is 0 Å². The Morgan fingerprint density at radius 3 is 1.85 bits per heavy atom. The molecule has 0 aromatic heterocycles. The second-order valence-electron chi connectivity index (χ2n) is 5.03. The van der Waals surface area contributed by atoms with Gasteiger partial charge in [-0.25, -0.2) is 4.18 Å². The average molecular weight is 344 g/mol. The van der Waals surface area contributed by atoms with Crippen LogP contribution in [0.15, 0.2) is 11.8 Å². The molecule has 11 heteroatoms. The summed E-state index contributed by atoms with van der Waals surface area (Å²) in [7, 11) is -8.14. The van der Waals surface area contributed by atoms with Gasteiger partial charge in [0.1, 0.15) is 0 Å². The third kappa shape index (κ3) is 6.75. The molecular formula is C9H14F6O3SSi. The predicted molar refractivity (Wildman–Crippen MR) is 63.0 cm³/mol. The van der Waals surface area contributed by atoms with Crippen molar-refractivity contribution in [1.82, 2.24) is 0 Å². The first-order valence-electron chi connectivity index (χ1n) is 5.30. The molecule has 0 rings (SSSR count). The van der Waals surface area contributed by atoms with Gasteiger partial charge in [0.05, 0.1) is 8.07 Å². The van der Waals surface area contributed by atoms with E-state index < -0.39 is 42.4 Å². The normalized spacial score (nSPS) is 16.6. The Morgan fingerprint density at radius 2 is 1.55 bits per heavy atom. The highest BCUT2D eigenvalue weighted by atomic mass is 32.2. The second-order valence-corrected chi connectivity index (χ2v) is 11.7. The largest absolute Gasteiger partial charge is 0.523 e. The van der Waals surface area contributed by atoms with Crippen molar-refractivity contribution in [2.75, 3.05) is 0 Å². The molecule has 0 saturated carbocycles. The number of hydrogen-bond acceptors (Lipinski definition) is 3. The monoisotopic (exact) mass is 344 g/mol. The molecule has 0 radical (unpaired) electrons. The summed E-state index contributed by atoms with van der Waals surface area (Å²) in [4.78, 5) is 0. The number of hydrogen-bond donors (Lipinski definition) is 0. The van der Waals surface area contributed by atoms with E-state index in [0.29, 0.717) is 0 Å². The van der Waals surface area contributed by atoms with Gasteiger partial charge >= 0.3 is 21.8 Å². The molecule has 0 N–H and O–H groups in total. The van der Waals surface area contributed by atoms with Crippen LogP contribution in [0.25, 0.3) is 0 Å². The highest BCUT2D eigenvalue weighted by Gasteiger charge is 2.53. The van der Waals surface area contributed by atoms with Crippen LogP contribution in [-0.2, 0) is 14.3 Å². The summed E-state index contributed by atoms with van der Waals surface area (Å²) in [6, 6.07) is 0. The van der Waals surface area contributed by atoms with Gasteiger partial charge in [0.25, 0.3) is 0 Å². The van der Waals surface area contributed by atoms with Crippen LogP contribution in [-0.4, -0.2) is 34.3 Å². The summed E-state index contributed by atoms with van der Waals surface area (Å²) in [5.74, 6) is 0. The Hall–Kier alpha value is -0.553. The molecule has 3 nitrogen and oxygen atoms in total. The number of halogens is 6. The lowest BCUT2D eigenvalue weighted by molar-refractivity contribution is -0.196. The Kier molecular flexibility index (Phi) is 5.89. The minimum absolute atomic E-state index is 0.996. The lowest BCUT2D eigenvalue weighted by atomic mass is 10.2. The van der Waals surface area contributed by atoms with Gasteiger partial charge < -0.3 is 0 Å². The number of rotatable bonds is 5. The Labute approximate surface area is 113 Å². The van der Waals surface area contributed by atoms with Crippen LogP contribution in [0.3, 0.4) is 0 Å². The molecular weight excluding hydrogens is 330 g/mol. The van der Waals surface area contributed by atoms with E-state index in [4.69, 9.17) is 0 Å². The molecule has 0 aliphatic rings. The molecule has 0 heterocycles. The maximum absolute atomic E-state index is 12.5. The van der Waals surface area contributed by atoms with E-state index >= 15 is 0 Å². The van der Waals surface area contributed by atoms with Crippen LogP contribution in [0.1, 0.15) is 6.42 Å². The van der Waals surface area contributed by atoms with E-state index in [9.17, 15) is 34.8 Å². The van der Waals surface area contributed by atoms with Crippen molar-refractivity contribution in [2.24, 2.45) is 0 Å². The van der Waals surface area contributed by atoms with E-state index in [0.717, 1.165) is 6.08 Å². The SMILES string of the molecule is C[Si](C)(C)/C=C\CC(OS(=O)(=O)C(F)(F)F)C(F)(F)F. The first-order chi connectivity index (χ1) is 8.56. The fourth-order valence-electron chi connectivity index (χ4n) is 0.980. The van der Waals surface area contributed by atoms with E-state index in [1.807, 2.05) is 0 Å².